The van der Waals surface area contributed by atoms with Gasteiger partial charge in [0.1, 0.15) is 5.82 Å². The largest absolute Gasteiger partial charge is 0.360 e. The number of aromatic nitrogens is 2. The zero-order chi connectivity index (χ0) is 22.0. The summed E-state index contributed by atoms with van der Waals surface area (Å²) in [7, 11) is 0. The van der Waals surface area contributed by atoms with Gasteiger partial charge in [0.2, 0.25) is 0 Å². The summed E-state index contributed by atoms with van der Waals surface area (Å²) in [5.74, 6) is -0.221. The van der Waals surface area contributed by atoms with E-state index in [1.807, 2.05) is 42.8 Å². The number of halogens is 1. The Kier molecular flexibility index (Phi) is 6.04. The third kappa shape index (κ3) is 4.77. The standard InChI is InChI=1S/C24H28FN5O/c1-17-4-8-22(9-5-17)30-19(3)24(18(2)27-30)26-23(31)16-28-12-14-29(15-13-28)21-10-6-20(25)7-11-21/h4-11H,12-16H2,1-3H3,(H,26,31)/p+1. The molecule has 1 aromatic heterocycles. The van der Waals surface area contributed by atoms with E-state index < -0.39 is 0 Å². The summed E-state index contributed by atoms with van der Waals surface area (Å²) >= 11 is 0. The molecular formula is C24H29FN5O+. The van der Waals surface area contributed by atoms with Crippen LogP contribution in [0.1, 0.15) is 17.0 Å². The van der Waals surface area contributed by atoms with Gasteiger partial charge in [-0.05, 0) is 57.2 Å². The lowest BCUT2D eigenvalue weighted by Gasteiger charge is -2.33. The minimum absolute atomic E-state index is 0.000103. The molecule has 0 unspecified atom stereocenters. The molecule has 1 fully saturated rings. The first-order valence-corrected chi connectivity index (χ1v) is 10.7. The van der Waals surface area contributed by atoms with Gasteiger partial charge in [0, 0.05) is 5.69 Å². The molecule has 1 aliphatic heterocycles. The average Bonchev–Trinajstić information content (AvgIpc) is 3.04. The van der Waals surface area contributed by atoms with E-state index in [9.17, 15) is 9.18 Å². The maximum atomic E-state index is 13.1. The van der Waals surface area contributed by atoms with Crippen molar-refractivity contribution in [2.24, 2.45) is 0 Å². The van der Waals surface area contributed by atoms with E-state index in [4.69, 9.17) is 0 Å². The van der Waals surface area contributed by atoms with Gasteiger partial charge < -0.3 is 15.1 Å². The molecule has 1 aliphatic rings. The molecule has 162 valence electrons. The second-order valence-corrected chi connectivity index (χ2v) is 8.23. The van der Waals surface area contributed by atoms with Gasteiger partial charge >= 0.3 is 0 Å². The highest BCUT2D eigenvalue weighted by atomic mass is 19.1. The number of carbonyl (C=O) groups excluding carboxylic acids is 1. The number of anilines is 2. The molecule has 31 heavy (non-hydrogen) atoms. The lowest BCUT2D eigenvalue weighted by molar-refractivity contribution is -0.892. The fraction of sp³-hybridized carbons (Fsp3) is 0.333. The van der Waals surface area contributed by atoms with Crippen LogP contribution in [0.2, 0.25) is 0 Å². The van der Waals surface area contributed by atoms with Crippen molar-refractivity contribution in [3.05, 3.63) is 71.3 Å². The summed E-state index contributed by atoms with van der Waals surface area (Å²) in [5.41, 5.74) is 5.72. The van der Waals surface area contributed by atoms with Crippen LogP contribution in [-0.4, -0.2) is 48.4 Å². The topological polar surface area (TPSA) is 54.6 Å². The summed E-state index contributed by atoms with van der Waals surface area (Å²) in [6, 6.07) is 14.8. The Balaban J connectivity index is 1.35. The quantitative estimate of drug-likeness (QED) is 0.663. The van der Waals surface area contributed by atoms with Crippen molar-refractivity contribution in [2.45, 2.75) is 20.8 Å². The number of quaternary nitrogens is 1. The van der Waals surface area contributed by atoms with Gasteiger partial charge in [0.25, 0.3) is 5.91 Å². The number of aryl methyl sites for hydroxylation is 2. The van der Waals surface area contributed by atoms with Gasteiger partial charge in [-0.25, -0.2) is 9.07 Å². The van der Waals surface area contributed by atoms with Gasteiger partial charge in [-0.3, -0.25) is 4.79 Å². The molecule has 0 radical (unpaired) electrons. The number of benzene rings is 2. The number of hydrogen-bond acceptors (Lipinski definition) is 3. The summed E-state index contributed by atoms with van der Waals surface area (Å²) in [5, 5.41) is 7.70. The van der Waals surface area contributed by atoms with Gasteiger partial charge in [0.15, 0.2) is 6.54 Å². The molecule has 1 saturated heterocycles. The van der Waals surface area contributed by atoms with Gasteiger partial charge in [0.05, 0.1) is 48.9 Å². The first-order valence-electron chi connectivity index (χ1n) is 10.7. The smallest absolute Gasteiger partial charge is 0.279 e. The molecule has 0 spiro atoms. The normalized spacial score (nSPS) is 14.6. The lowest BCUT2D eigenvalue weighted by atomic mass is 10.2. The summed E-state index contributed by atoms with van der Waals surface area (Å²) in [6.07, 6.45) is 0. The van der Waals surface area contributed by atoms with E-state index in [2.05, 4.69) is 34.4 Å². The van der Waals surface area contributed by atoms with E-state index in [1.165, 1.54) is 22.6 Å². The molecule has 2 aromatic carbocycles. The molecule has 0 bridgehead atoms. The maximum Gasteiger partial charge on any atom is 0.279 e. The van der Waals surface area contributed by atoms with E-state index in [1.54, 1.807) is 0 Å². The van der Waals surface area contributed by atoms with E-state index in [0.717, 1.165) is 54.6 Å². The Morgan fingerprint density at radius 1 is 1.00 bits per heavy atom. The first kappa shape index (κ1) is 21.1. The number of nitrogens with zero attached hydrogens (tertiary/aromatic N) is 3. The van der Waals surface area contributed by atoms with Crippen LogP contribution in [0.3, 0.4) is 0 Å². The van der Waals surface area contributed by atoms with Crippen LogP contribution >= 0.6 is 0 Å². The molecule has 0 aliphatic carbocycles. The van der Waals surface area contributed by atoms with Crippen LogP contribution in [0.5, 0.6) is 0 Å². The fourth-order valence-electron chi connectivity index (χ4n) is 4.08. The molecular weight excluding hydrogens is 393 g/mol. The van der Waals surface area contributed by atoms with Crippen molar-refractivity contribution >= 4 is 17.3 Å². The predicted molar refractivity (Wildman–Crippen MR) is 121 cm³/mol. The highest BCUT2D eigenvalue weighted by Gasteiger charge is 2.23. The molecule has 1 amide bonds. The van der Waals surface area contributed by atoms with Gasteiger partial charge in [-0.15, -0.1) is 0 Å². The molecule has 6 nitrogen and oxygen atoms in total. The van der Waals surface area contributed by atoms with Crippen LogP contribution in [0.15, 0.2) is 48.5 Å². The van der Waals surface area contributed by atoms with Crippen LogP contribution in [0, 0.1) is 26.6 Å². The zero-order valence-electron chi connectivity index (χ0n) is 18.3. The highest BCUT2D eigenvalue weighted by Crippen LogP contribution is 2.23. The average molecular weight is 423 g/mol. The molecule has 4 rings (SSSR count). The van der Waals surface area contributed by atoms with Crippen molar-refractivity contribution in [1.29, 1.82) is 0 Å². The van der Waals surface area contributed by atoms with Crippen molar-refractivity contribution in [3.63, 3.8) is 0 Å². The molecule has 3 aromatic rings. The lowest BCUT2D eigenvalue weighted by Crippen LogP contribution is -3.15. The number of nitrogens with one attached hydrogen (secondary N) is 2. The van der Waals surface area contributed by atoms with Crippen molar-refractivity contribution < 1.29 is 14.1 Å². The molecule has 0 atom stereocenters. The molecule has 7 heteroatoms. The second kappa shape index (κ2) is 8.89. The third-order valence-electron chi connectivity index (χ3n) is 5.91. The first-order chi connectivity index (χ1) is 14.9. The fourth-order valence-corrected chi connectivity index (χ4v) is 4.08. The van der Waals surface area contributed by atoms with E-state index in [-0.39, 0.29) is 11.7 Å². The van der Waals surface area contributed by atoms with Crippen LogP contribution in [0.4, 0.5) is 15.8 Å². The van der Waals surface area contributed by atoms with Gasteiger partial charge in [-0.2, -0.15) is 5.10 Å². The number of hydrogen-bond donors (Lipinski definition) is 2. The minimum atomic E-state index is -0.221. The predicted octanol–water partition coefficient (Wildman–Crippen LogP) is 2.28. The summed E-state index contributed by atoms with van der Waals surface area (Å²) < 4.78 is 15.0. The number of piperazine rings is 1. The SMILES string of the molecule is Cc1ccc(-n2nc(C)c(NC(=O)C[NH+]3CCN(c4ccc(F)cc4)CC3)c2C)cc1. The summed E-state index contributed by atoms with van der Waals surface area (Å²) in [4.78, 5) is 16.2. The second-order valence-electron chi connectivity index (χ2n) is 8.23. The molecule has 0 saturated carbocycles. The number of carbonyl (C=O) groups is 1. The number of rotatable bonds is 5. The maximum absolute atomic E-state index is 13.1. The Morgan fingerprint density at radius 2 is 1.61 bits per heavy atom. The Labute approximate surface area is 182 Å². The van der Waals surface area contributed by atoms with E-state index >= 15 is 0 Å². The van der Waals surface area contributed by atoms with Crippen molar-refractivity contribution in [1.82, 2.24) is 9.78 Å². The number of amides is 1. The Hall–Kier alpha value is -3.19. The van der Waals surface area contributed by atoms with Crippen molar-refractivity contribution in [2.75, 3.05) is 42.9 Å². The highest BCUT2D eigenvalue weighted by molar-refractivity contribution is 5.92. The summed E-state index contributed by atoms with van der Waals surface area (Å²) in [6.45, 7) is 9.79. The minimum Gasteiger partial charge on any atom is -0.360 e. The van der Waals surface area contributed by atoms with Gasteiger partial charge in [-0.1, -0.05) is 17.7 Å². The van der Waals surface area contributed by atoms with Crippen LogP contribution in [-0.2, 0) is 4.79 Å². The van der Waals surface area contributed by atoms with Crippen molar-refractivity contribution in [3.8, 4) is 5.69 Å². The Morgan fingerprint density at radius 3 is 2.26 bits per heavy atom. The zero-order valence-corrected chi connectivity index (χ0v) is 18.3. The third-order valence-corrected chi connectivity index (χ3v) is 5.91. The monoisotopic (exact) mass is 422 g/mol. The van der Waals surface area contributed by atoms with E-state index in [0.29, 0.717) is 6.54 Å². The van der Waals surface area contributed by atoms with Crippen LogP contribution in [0.25, 0.3) is 5.69 Å². The molecule has 2 heterocycles. The van der Waals surface area contributed by atoms with Crippen LogP contribution < -0.4 is 15.1 Å². The Bertz CT molecular complexity index is 1050. The molecule has 2 N–H and O–H groups in total.